The zero-order valence-electron chi connectivity index (χ0n) is 25.5. The van der Waals surface area contributed by atoms with Crippen LogP contribution in [0.5, 0.6) is 0 Å². The topological polar surface area (TPSA) is 106 Å². The van der Waals surface area contributed by atoms with Gasteiger partial charge in [0.1, 0.15) is 0 Å². The summed E-state index contributed by atoms with van der Waals surface area (Å²) in [5.41, 5.74) is 2.05. The summed E-state index contributed by atoms with van der Waals surface area (Å²) in [7, 11) is -5.23. The van der Waals surface area contributed by atoms with Gasteiger partial charge in [-0.2, -0.15) is 0 Å². The quantitative estimate of drug-likeness (QED) is 0.157. The molecule has 4 aromatic rings. The second-order valence-corrected chi connectivity index (χ2v) is 12.9. The largest absolute Gasteiger partial charge is 0.337 e. The lowest BCUT2D eigenvalue weighted by Gasteiger charge is -2.22. The lowest BCUT2D eigenvalue weighted by Crippen LogP contribution is -2.20. The highest BCUT2D eigenvalue weighted by Gasteiger charge is 2.43. The van der Waals surface area contributed by atoms with Crippen molar-refractivity contribution in [2.45, 2.75) is 54.9 Å². The van der Waals surface area contributed by atoms with Crippen molar-refractivity contribution >= 4 is 30.0 Å². The van der Waals surface area contributed by atoms with Gasteiger partial charge in [-0.05, 0) is 86.9 Å². The number of carbonyl (C=O) groups is 4. The average Bonchev–Trinajstić information content (AvgIpc) is 2.97. The summed E-state index contributed by atoms with van der Waals surface area (Å²) in [6.45, 7) is 11.8. The Morgan fingerprint density at radius 2 is 0.977 bits per heavy atom. The minimum absolute atomic E-state index is 0.0936. The first-order valence-electron chi connectivity index (χ1n) is 14.1. The summed E-state index contributed by atoms with van der Waals surface area (Å²) in [6, 6.07) is 18.8. The molecule has 0 aliphatic carbocycles. The predicted molar refractivity (Wildman–Crippen MR) is 169 cm³/mol. The van der Waals surface area contributed by atoms with Crippen LogP contribution in [-0.4, -0.2) is 27.5 Å². The summed E-state index contributed by atoms with van der Waals surface area (Å²) in [6.07, 6.45) is 0.470. The van der Waals surface area contributed by atoms with Crippen molar-refractivity contribution in [3.8, 4) is 0 Å². The van der Waals surface area contributed by atoms with Gasteiger partial charge in [0.15, 0.2) is 11.6 Å². The van der Waals surface area contributed by atoms with Crippen LogP contribution in [0.3, 0.4) is 0 Å². The van der Waals surface area contributed by atoms with Gasteiger partial charge in [-0.15, -0.1) is 0 Å². The van der Waals surface area contributed by atoms with Crippen molar-refractivity contribution in [1.29, 1.82) is 0 Å². The van der Waals surface area contributed by atoms with Gasteiger partial charge in [0, 0.05) is 33.4 Å². The number of rotatable bonds is 9. The Kier molecular flexibility index (Phi) is 8.96. The maximum absolute atomic E-state index is 14.0. The van der Waals surface area contributed by atoms with Crippen molar-refractivity contribution in [2.24, 2.45) is 0 Å². The Labute approximate surface area is 252 Å². The molecule has 0 bridgehead atoms. The fourth-order valence-corrected chi connectivity index (χ4v) is 7.66. The van der Waals surface area contributed by atoms with Crippen LogP contribution in [0, 0.1) is 41.5 Å². The monoisotopic (exact) mass is 594 g/mol. The van der Waals surface area contributed by atoms with E-state index in [2.05, 4.69) is 0 Å². The normalized spacial score (nSPS) is 12.5. The van der Waals surface area contributed by atoms with Gasteiger partial charge < -0.3 is 4.89 Å². The molecule has 0 heterocycles. The van der Waals surface area contributed by atoms with Crippen LogP contribution in [0.15, 0.2) is 66.7 Å². The predicted octanol–water partition coefficient (Wildman–Crippen LogP) is 7.81. The Morgan fingerprint density at radius 3 is 1.47 bits per heavy atom. The van der Waals surface area contributed by atoms with Crippen molar-refractivity contribution in [2.75, 3.05) is 0 Å². The molecule has 0 aromatic heterocycles. The van der Waals surface area contributed by atoms with E-state index < -0.39 is 18.4 Å². The van der Waals surface area contributed by atoms with Crippen molar-refractivity contribution < 1.29 is 28.6 Å². The van der Waals surface area contributed by atoms with Gasteiger partial charge >= 0.3 is 7.37 Å². The molecule has 4 aromatic carbocycles. The third-order valence-electron chi connectivity index (χ3n) is 8.23. The molecule has 1 N–H and O–H groups in total. The summed E-state index contributed by atoms with van der Waals surface area (Å²) in [4.78, 5) is 66.4. The van der Waals surface area contributed by atoms with E-state index in [1.54, 1.807) is 108 Å². The van der Waals surface area contributed by atoms with Crippen LogP contribution in [0.2, 0.25) is 0 Å². The Bertz CT molecular complexity index is 1850. The van der Waals surface area contributed by atoms with E-state index >= 15 is 0 Å². The number of carbonyl (C=O) groups excluding carboxylic acids is 4. The van der Waals surface area contributed by atoms with Gasteiger partial charge in [0.2, 0.25) is 0 Å². The lowest BCUT2D eigenvalue weighted by atomic mass is 9.84. The van der Waals surface area contributed by atoms with Crippen molar-refractivity contribution in [1.82, 2.24) is 0 Å². The maximum atomic E-state index is 14.0. The molecule has 1 unspecified atom stereocenters. The van der Waals surface area contributed by atoms with Gasteiger partial charge in [0.25, 0.3) is 11.0 Å². The fourth-order valence-electron chi connectivity index (χ4n) is 6.19. The molecule has 0 spiro atoms. The molecule has 1 atom stereocenters. The summed E-state index contributed by atoms with van der Waals surface area (Å²) >= 11 is 0. The number of hydrogen-bond acceptors (Lipinski definition) is 5. The minimum Gasteiger partial charge on any atom is -0.333 e. The standard InChI is InChI=1S/C36H35O6P/c1-8-28-22(4)31(34(38)27-17-13-10-14-18-27)25(7)32(23(28)5)36(40)43(41,42)35(39)30-21(3)19-20(2)29(24(30)6)33(37)26-15-11-9-12-16-26/h9-19H,8H2,1-7H3,(H,41,42). The molecule has 6 nitrogen and oxygen atoms in total. The zero-order chi connectivity index (χ0) is 31.8. The van der Waals surface area contributed by atoms with Gasteiger partial charge in [0.05, 0.1) is 0 Å². The Morgan fingerprint density at radius 1 is 0.581 bits per heavy atom. The highest BCUT2D eigenvalue weighted by Crippen LogP contribution is 2.51. The highest BCUT2D eigenvalue weighted by atomic mass is 31.2. The van der Waals surface area contributed by atoms with Crippen LogP contribution >= 0.6 is 7.37 Å². The van der Waals surface area contributed by atoms with Crippen LogP contribution < -0.4 is 0 Å². The van der Waals surface area contributed by atoms with E-state index in [0.717, 1.165) is 0 Å². The summed E-state index contributed by atoms with van der Waals surface area (Å²) in [5, 5.41) is 0. The Balaban J connectivity index is 1.88. The molecule has 0 saturated heterocycles. The first kappa shape index (κ1) is 31.7. The molecule has 220 valence electrons. The van der Waals surface area contributed by atoms with E-state index in [4.69, 9.17) is 0 Å². The number of benzene rings is 4. The van der Waals surface area contributed by atoms with E-state index in [1.165, 1.54) is 0 Å². The van der Waals surface area contributed by atoms with E-state index in [0.29, 0.717) is 45.4 Å². The average molecular weight is 595 g/mol. The minimum atomic E-state index is -5.23. The molecular weight excluding hydrogens is 559 g/mol. The Hall–Kier alpha value is -4.25. The first-order valence-corrected chi connectivity index (χ1v) is 15.8. The van der Waals surface area contributed by atoms with Crippen LogP contribution in [-0.2, 0) is 11.0 Å². The van der Waals surface area contributed by atoms with Crippen LogP contribution in [0.4, 0.5) is 0 Å². The van der Waals surface area contributed by atoms with E-state index in [-0.39, 0.29) is 44.9 Å². The van der Waals surface area contributed by atoms with Crippen LogP contribution in [0.25, 0.3) is 0 Å². The zero-order valence-corrected chi connectivity index (χ0v) is 26.4. The van der Waals surface area contributed by atoms with E-state index in [9.17, 15) is 28.6 Å². The third-order valence-corrected chi connectivity index (χ3v) is 9.78. The molecular formula is C36H35O6P. The first-order chi connectivity index (χ1) is 20.2. The molecule has 4 rings (SSSR count). The molecule has 0 aliphatic heterocycles. The molecule has 0 fully saturated rings. The fraction of sp³-hybridized carbons (Fsp3) is 0.222. The van der Waals surface area contributed by atoms with Gasteiger partial charge in [-0.25, -0.2) is 0 Å². The number of ketones is 2. The molecule has 7 heteroatoms. The summed E-state index contributed by atoms with van der Waals surface area (Å²) in [5.74, 6) is -0.640. The smallest absolute Gasteiger partial charge is 0.333 e. The molecule has 0 saturated carbocycles. The summed E-state index contributed by atoms with van der Waals surface area (Å²) < 4.78 is 14.0. The molecule has 0 aliphatic rings. The number of aryl methyl sites for hydroxylation is 2. The third kappa shape index (κ3) is 5.49. The number of hydrogen-bond donors (Lipinski definition) is 1. The second kappa shape index (κ2) is 12.2. The van der Waals surface area contributed by atoms with Crippen molar-refractivity contribution in [3.05, 3.63) is 139 Å². The van der Waals surface area contributed by atoms with Gasteiger partial charge in [-0.1, -0.05) is 73.7 Å². The second-order valence-electron chi connectivity index (χ2n) is 10.9. The van der Waals surface area contributed by atoms with Gasteiger partial charge in [-0.3, -0.25) is 23.7 Å². The SMILES string of the molecule is CCc1c(C)c(C(=O)c2ccccc2)c(C)c(C(=O)P(=O)(O)C(=O)c2c(C)cc(C)c(C(=O)c3ccccc3)c2C)c1C. The highest BCUT2D eigenvalue weighted by molar-refractivity contribution is 7.91. The maximum Gasteiger partial charge on any atom is 0.337 e. The molecule has 0 amide bonds. The van der Waals surface area contributed by atoms with E-state index in [1.807, 2.05) is 6.92 Å². The van der Waals surface area contributed by atoms with Crippen molar-refractivity contribution in [3.63, 3.8) is 0 Å². The lowest BCUT2D eigenvalue weighted by molar-refractivity contribution is 0.101. The molecule has 0 radical (unpaired) electrons. The van der Waals surface area contributed by atoms with Crippen LogP contribution in [0.1, 0.15) is 98.4 Å². The molecule has 43 heavy (non-hydrogen) atoms.